The van der Waals surface area contributed by atoms with Gasteiger partial charge in [-0.3, -0.25) is 19.1 Å². The fourth-order valence-corrected chi connectivity index (χ4v) is 4.63. The zero-order valence-electron chi connectivity index (χ0n) is 14.5. The first-order valence-electron chi connectivity index (χ1n) is 8.87. The van der Waals surface area contributed by atoms with Crippen LogP contribution in [0.5, 0.6) is 0 Å². The smallest absolute Gasteiger partial charge is 0.329 e. The zero-order valence-corrected chi connectivity index (χ0v) is 14.5. The normalized spacial score (nSPS) is 25.3. The zero-order chi connectivity index (χ0) is 17.7. The molecule has 0 unspecified atom stereocenters. The van der Waals surface area contributed by atoms with Crippen molar-refractivity contribution in [3.8, 4) is 0 Å². The first kappa shape index (κ1) is 16.1. The first-order chi connectivity index (χ1) is 12.0. The molecule has 25 heavy (non-hydrogen) atoms. The fourth-order valence-electron chi connectivity index (χ4n) is 4.63. The summed E-state index contributed by atoms with van der Waals surface area (Å²) >= 11 is 0. The lowest BCUT2D eigenvalue weighted by Crippen LogP contribution is -2.39. The number of carbonyl (C=O) groups is 1. The molecule has 0 spiro atoms. The lowest BCUT2D eigenvalue weighted by atomic mass is 9.97. The number of carbonyl (C=O) groups excluding carboxylic acids is 1. The van der Waals surface area contributed by atoms with Crippen LogP contribution in [0.25, 0.3) is 11.0 Å². The Kier molecular flexibility index (Phi) is 3.74. The molecule has 0 aliphatic heterocycles. The van der Waals surface area contributed by atoms with Crippen LogP contribution in [0.1, 0.15) is 48.2 Å². The highest BCUT2D eigenvalue weighted by atomic mass is 16.2. The van der Waals surface area contributed by atoms with Gasteiger partial charge in [0.15, 0.2) is 0 Å². The van der Waals surface area contributed by atoms with Gasteiger partial charge in [-0.25, -0.2) is 9.78 Å². The van der Waals surface area contributed by atoms with E-state index in [1.54, 1.807) is 13.0 Å². The second-order valence-electron chi connectivity index (χ2n) is 7.34. The maximum atomic E-state index is 12.9. The summed E-state index contributed by atoms with van der Waals surface area (Å²) in [4.78, 5) is 43.6. The Bertz CT molecular complexity index is 975. The Morgan fingerprint density at radius 1 is 1.28 bits per heavy atom. The number of aromatic amines is 1. The molecule has 0 radical (unpaired) electrons. The van der Waals surface area contributed by atoms with Crippen molar-refractivity contribution in [1.82, 2.24) is 19.9 Å². The van der Waals surface area contributed by atoms with Gasteiger partial charge < -0.3 is 5.32 Å². The van der Waals surface area contributed by atoms with Crippen molar-refractivity contribution >= 4 is 16.9 Å². The van der Waals surface area contributed by atoms with Gasteiger partial charge in [0.1, 0.15) is 5.65 Å². The van der Waals surface area contributed by atoms with Gasteiger partial charge >= 0.3 is 5.69 Å². The summed E-state index contributed by atoms with van der Waals surface area (Å²) in [5.74, 6) is 1.03. The lowest BCUT2D eigenvalue weighted by molar-refractivity contribution is 0.0928. The number of aryl methyl sites for hydroxylation is 2. The molecule has 2 heterocycles. The van der Waals surface area contributed by atoms with E-state index in [9.17, 15) is 14.4 Å². The number of rotatable bonds is 2. The quantitative estimate of drug-likeness (QED) is 0.858. The average Bonchev–Trinajstić information content (AvgIpc) is 3.17. The summed E-state index contributed by atoms with van der Waals surface area (Å²) in [6.45, 7) is 1.75. The Balaban J connectivity index is 1.76. The molecule has 0 aromatic carbocycles. The topological polar surface area (TPSA) is 96.9 Å². The van der Waals surface area contributed by atoms with E-state index in [1.807, 2.05) is 0 Å². The van der Waals surface area contributed by atoms with Crippen LogP contribution < -0.4 is 16.6 Å². The maximum Gasteiger partial charge on any atom is 0.329 e. The summed E-state index contributed by atoms with van der Waals surface area (Å²) in [5, 5.41) is 3.31. The van der Waals surface area contributed by atoms with Crippen molar-refractivity contribution in [2.45, 2.75) is 45.1 Å². The van der Waals surface area contributed by atoms with Gasteiger partial charge in [0, 0.05) is 18.8 Å². The Hall–Kier alpha value is -2.44. The molecule has 2 aliphatic carbocycles. The highest BCUT2D eigenvalue weighted by molar-refractivity contribution is 6.05. The molecule has 2 saturated carbocycles. The van der Waals surface area contributed by atoms with Crippen LogP contribution in [0.15, 0.2) is 15.7 Å². The summed E-state index contributed by atoms with van der Waals surface area (Å²) < 4.78 is 1.27. The number of aromatic nitrogens is 3. The first-order valence-corrected chi connectivity index (χ1v) is 8.87. The third-order valence-electron chi connectivity index (χ3n) is 5.84. The Morgan fingerprint density at radius 3 is 2.88 bits per heavy atom. The van der Waals surface area contributed by atoms with E-state index in [0.29, 0.717) is 17.2 Å². The molecule has 1 amide bonds. The number of amides is 1. The SMILES string of the molecule is Cc1cc(C(=O)N[C@H]2CC[C@@H]3CCC[C@@H]32)c2c(=O)[nH]c(=O)n(C)c2n1. The Morgan fingerprint density at radius 2 is 2.08 bits per heavy atom. The van der Waals surface area contributed by atoms with Crippen molar-refractivity contribution in [3.05, 3.63) is 38.2 Å². The van der Waals surface area contributed by atoms with Crippen molar-refractivity contribution in [2.24, 2.45) is 18.9 Å². The molecule has 3 atom stereocenters. The molecule has 0 bridgehead atoms. The van der Waals surface area contributed by atoms with Gasteiger partial charge in [-0.15, -0.1) is 0 Å². The minimum Gasteiger partial charge on any atom is -0.349 e. The minimum atomic E-state index is -0.569. The van der Waals surface area contributed by atoms with Crippen LogP contribution in [0.2, 0.25) is 0 Å². The molecule has 7 heteroatoms. The van der Waals surface area contributed by atoms with Crippen molar-refractivity contribution in [2.75, 3.05) is 0 Å². The molecule has 4 rings (SSSR count). The van der Waals surface area contributed by atoms with E-state index >= 15 is 0 Å². The van der Waals surface area contributed by atoms with Crippen molar-refractivity contribution < 1.29 is 4.79 Å². The van der Waals surface area contributed by atoms with E-state index in [2.05, 4.69) is 15.3 Å². The third kappa shape index (κ3) is 2.58. The predicted octanol–water partition coefficient (Wildman–Crippen LogP) is 1.24. The second kappa shape index (κ2) is 5.82. The maximum absolute atomic E-state index is 12.9. The number of hydrogen-bond donors (Lipinski definition) is 2. The van der Waals surface area contributed by atoms with Gasteiger partial charge in [-0.1, -0.05) is 12.8 Å². The molecule has 132 valence electrons. The number of hydrogen-bond acceptors (Lipinski definition) is 4. The molecule has 2 fully saturated rings. The highest BCUT2D eigenvalue weighted by Crippen LogP contribution is 2.44. The Labute approximate surface area is 144 Å². The summed E-state index contributed by atoms with van der Waals surface area (Å²) in [5.41, 5.74) is 0.0285. The summed E-state index contributed by atoms with van der Waals surface area (Å²) in [6, 6.07) is 1.80. The van der Waals surface area contributed by atoms with Gasteiger partial charge in [-0.05, 0) is 44.1 Å². The van der Waals surface area contributed by atoms with Crippen LogP contribution in [0, 0.1) is 18.8 Å². The molecular formula is C18H22N4O3. The van der Waals surface area contributed by atoms with E-state index in [-0.39, 0.29) is 23.0 Å². The van der Waals surface area contributed by atoms with Crippen LogP contribution in [0.4, 0.5) is 0 Å². The summed E-state index contributed by atoms with van der Waals surface area (Å²) in [7, 11) is 1.54. The molecule has 2 aromatic heterocycles. The number of fused-ring (bicyclic) bond motifs is 2. The molecule has 2 aromatic rings. The number of nitrogens with one attached hydrogen (secondary N) is 2. The number of pyridine rings is 1. The number of H-pyrrole nitrogens is 1. The van der Waals surface area contributed by atoms with Crippen LogP contribution in [-0.2, 0) is 7.05 Å². The molecule has 7 nitrogen and oxygen atoms in total. The average molecular weight is 342 g/mol. The molecule has 2 N–H and O–H groups in total. The standard InChI is InChI=1S/C18H22N4O3/c1-9-8-12(14-15(19-9)22(2)18(25)21-17(14)24)16(23)20-13-7-6-10-4-3-5-11(10)13/h8,10-11,13H,3-7H2,1-2H3,(H,20,23)(H,21,24,25)/t10-,11-,13-/m0/s1. The second-order valence-corrected chi connectivity index (χ2v) is 7.34. The molecule has 2 aliphatic rings. The largest absolute Gasteiger partial charge is 0.349 e. The third-order valence-corrected chi connectivity index (χ3v) is 5.84. The van der Waals surface area contributed by atoms with E-state index in [4.69, 9.17) is 0 Å². The minimum absolute atomic E-state index is 0.172. The summed E-state index contributed by atoms with van der Waals surface area (Å²) in [6.07, 6.45) is 5.83. The number of nitrogens with zero attached hydrogens (tertiary/aromatic N) is 2. The molecule has 0 saturated heterocycles. The lowest BCUT2D eigenvalue weighted by Gasteiger charge is -2.20. The van der Waals surface area contributed by atoms with Gasteiger partial charge in [-0.2, -0.15) is 0 Å². The van der Waals surface area contributed by atoms with Crippen molar-refractivity contribution in [1.29, 1.82) is 0 Å². The van der Waals surface area contributed by atoms with Gasteiger partial charge in [0.2, 0.25) is 0 Å². The van der Waals surface area contributed by atoms with Gasteiger partial charge in [0.25, 0.3) is 11.5 Å². The van der Waals surface area contributed by atoms with E-state index < -0.39 is 11.2 Å². The van der Waals surface area contributed by atoms with E-state index in [1.165, 1.54) is 37.3 Å². The van der Waals surface area contributed by atoms with Crippen LogP contribution in [0.3, 0.4) is 0 Å². The van der Waals surface area contributed by atoms with E-state index in [0.717, 1.165) is 12.3 Å². The fraction of sp³-hybridized carbons (Fsp3) is 0.556. The van der Waals surface area contributed by atoms with Crippen LogP contribution in [-0.4, -0.2) is 26.5 Å². The van der Waals surface area contributed by atoms with Crippen molar-refractivity contribution in [3.63, 3.8) is 0 Å². The highest BCUT2D eigenvalue weighted by Gasteiger charge is 2.39. The monoisotopic (exact) mass is 342 g/mol. The van der Waals surface area contributed by atoms with Gasteiger partial charge in [0.05, 0.1) is 10.9 Å². The van der Waals surface area contributed by atoms with Crippen LogP contribution >= 0.6 is 0 Å². The predicted molar refractivity (Wildman–Crippen MR) is 93.7 cm³/mol. The molecular weight excluding hydrogens is 320 g/mol.